The van der Waals surface area contributed by atoms with Gasteiger partial charge in [0.2, 0.25) is 5.91 Å². The van der Waals surface area contributed by atoms with Crippen LogP contribution in [-0.4, -0.2) is 47.3 Å². The molecule has 1 atom stereocenters. The van der Waals surface area contributed by atoms with Crippen LogP contribution in [0, 0.1) is 23.2 Å². The van der Waals surface area contributed by atoms with Crippen molar-refractivity contribution in [1.82, 2.24) is 9.80 Å². The fourth-order valence-electron chi connectivity index (χ4n) is 3.48. The van der Waals surface area contributed by atoms with E-state index in [1.165, 1.54) is 12.8 Å². The molecule has 25 heavy (non-hydrogen) atoms. The molecule has 1 saturated heterocycles. The van der Waals surface area contributed by atoms with Crippen LogP contribution in [-0.2, 0) is 4.79 Å². The summed E-state index contributed by atoms with van der Waals surface area (Å²) in [5, 5.41) is 9.27. The Kier molecular flexibility index (Phi) is 5.08. The molecule has 1 heterocycles. The Morgan fingerprint density at radius 3 is 2.68 bits per heavy atom. The van der Waals surface area contributed by atoms with Crippen molar-refractivity contribution in [1.29, 1.82) is 5.26 Å². The minimum Gasteiger partial charge on any atom is -0.337 e. The van der Waals surface area contributed by atoms with Gasteiger partial charge in [0.25, 0.3) is 5.91 Å². The molecule has 0 spiro atoms. The molecule has 1 aromatic carbocycles. The molecule has 0 N–H and O–H groups in total. The molecule has 3 rings (SSSR count). The van der Waals surface area contributed by atoms with Crippen LogP contribution in [0.25, 0.3) is 0 Å². The van der Waals surface area contributed by atoms with E-state index < -0.39 is 0 Å². The van der Waals surface area contributed by atoms with Crippen molar-refractivity contribution < 1.29 is 9.59 Å². The summed E-state index contributed by atoms with van der Waals surface area (Å²) in [6.45, 7) is 5.99. The van der Waals surface area contributed by atoms with Gasteiger partial charge >= 0.3 is 0 Å². The average molecular weight is 339 g/mol. The number of hydrogen-bond acceptors (Lipinski definition) is 3. The summed E-state index contributed by atoms with van der Waals surface area (Å²) < 4.78 is 0. The lowest BCUT2D eigenvalue weighted by Gasteiger charge is -2.35. The lowest BCUT2D eigenvalue weighted by atomic mass is 10.0. The number of rotatable bonds is 4. The van der Waals surface area contributed by atoms with E-state index in [0.717, 1.165) is 6.54 Å². The molecule has 5 nitrogen and oxygen atoms in total. The minimum absolute atomic E-state index is 0.0359. The number of nitrogens with zero attached hydrogens (tertiary/aromatic N) is 3. The molecule has 1 aromatic rings. The number of nitriles is 1. The Balaban J connectivity index is 1.84. The summed E-state index contributed by atoms with van der Waals surface area (Å²) in [6.07, 6.45) is 2.76. The minimum atomic E-state index is -0.149. The summed E-state index contributed by atoms with van der Waals surface area (Å²) in [4.78, 5) is 29.4. The van der Waals surface area contributed by atoms with Crippen LogP contribution < -0.4 is 0 Å². The highest BCUT2D eigenvalue weighted by atomic mass is 16.2. The van der Waals surface area contributed by atoms with Gasteiger partial charge in [-0.3, -0.25) is 9.59 Å². The van der Waals surface area contributed by atoms with E-state index in [1.807, 2.05) is 4.90 Å². The molecule has 1 aliphatic heterocycles. The van der Waals surface area contributed by atoms with Gasteiger partial charge in [0.1, 0.15) is 0 Å². The van der Waals surface area contributed by atoms with Gasteiger partial charge in [-0.1, -0.05) is 26.0 Å². The molecule has 0 radical (unpaired) electrons. The van der Waals surface area contributed by atoms with Crippen LogP contribution >= 0.6 is 0 Å². The Hall–Kier alpha value is -2.35. The van der Waals surface area contributed by atoms with Crippen LogP contribution in [0.2, 0.25) is 0 Å². The lowest BCUT2D eigenvalue weighted by Crippen LogP contribution is -2.48. The first-order valence-corrected chi connectivity index (χ1v) is 9.09. The first-order chi connectivity index (χ1) is 12.0. The molecule has 1 saturated carbocycles. The van der Waals surface area contributed by atoms with Gasteiger partial charge in [-0.25, -0.2) is 0 Å². The zero-order chi connectivity index (χ0) is 18.0. The molecule has 0 aromatic heterocycles. The van der Waals surface area contributed by atoms with Gasteiger partial charge in [0, 0.05) is 26.1 Å². The quantitative estimate of drug-likeness (QED) is 0.847. The fourth-order valence-corrected chi connectivity index (χ4v) is 3.48. The van der Waals surface area contributed by atoms with Crippen LogP contribution in [0.1, 0.15) is 49.0 Å². The van der Waals surface area contributed by atoms with Gasteiger partial charge in [-0.2, -0.15) is 5.26 Å². The van der Waals surface area contributed by atoms with Gasteiger partial charge < -0.3 is 9.80 Å². The van der Waals surface area contributed by atoms with Crippen molar-refractivity contribution in [2.45, 2.75) is 39.2 Å². The highest BCUT2D eigenvalue weighted by molar-refractivity contribution is 5.97. The predicted molar refractivity (Wildman–Crippen MR) is 94.7 cm³/mol. The second kappa shape index (κ2) is 7.26. The molecule has 0 unspecified atom stereocenters. The molecular formula is C20H25N3O2. The van der Waals surface area contributed by atoms with Crippen molar-refractivity contribution in [2.75, 3.05) is 19.6 Å². The number of benzene rings is 1. The van der Waals surface area contributed by atoms with Gasteiger partial charge in [0.05, 0.1) is 23.2 Å². The standard InChI is InChI=1S/C20H25N3O2/c1-14(2)18-13-22(10-9-19(24)23(18)12-15-7-8-15)20(25)17-6-4-3-5-16(17)11-21/h3-6,14-15,18H,7-10,12-13H2,1-2H3/t18-/m1/s1. The lowest BCUT2D eigenvalue weighted by molar-refractivity contribution is -0.133. The summed E-state index contributed by atoms with van der Waals surface area (Å²) in [7, 11) is 0. The number of carbonyl (C=O) groups excluding carboxylic acids is 2. The van der Waals surface area contributed by atoms with E-state index >= 15 is 0 Å². The van der Waals surface area contributed by atoms with Crippen LogP contribution in [0.5, 0.6) is 0 Å². The monoisotopic (exact) mass is 339 g/mol. The van der Waals surface area contributed by atoms with E-state index in [9.17, 15) is 14.9 Å². The maximum absolute atomic E-state index is 13.0. The van der Waals surface area contributed by atoms with Crippen molar-refractivity contribution in [3.63, 3.8) is 0 Å². The normalized spacial score (nSPS) is 21.2. The zero-order valence-electron chi connectivity index (χ0n) is 14.9. The second-order valence-corrected chi connectivity index (χ2v) is 7.46. The number of hydrogen-bond donors (Lipinski definition) is 0. The maximum atomic E-state index is 13.0. The Bertz CT molecular complexity index is 703. The first-order valence-electron chi connectivity index (χ1n) is 9.09. The van der Waals surface area contributed by atoms with E-state index in [0.29, 0.717) is 36.6 Å². The van der Waals surface area contributed by atoms with E-state index in [1.54, 1.807) is 29.2 Å². The Morgan fingerprint density at radius 2 is 2.04 bits per heavy atom. The van der Waals surface area contributed by atoms with E-state index in [4.69, 9.17) is 0 Å². The highest BCUT2D eigenvalue weighted by Crippen LogP contribution is 2.32. The SMILES string of the molecule is CC(C)[C@H]1CN(C(=O)c2ccccc2C#N)CCC(=O)N1CC1CC1. The third-order valence-electron chi connectivity index (χ3n) is 5.21. The van der Waals surface area contributed by atoms with Crippen molar-refractivity contribution in [2.24, 2.45) is 11.8 Å². The highest BCUT2D eigenvalue weighted by Gasteiger charge is 2.37. The van der Waals surface area contributed by atoms with Crippen LogP contribution in [0.3, 0.4) is 0 Å². The number of amides is 2. The molecule has 5 heteroatoms. The second-order valence-electron chi connectivity index (χ2n) is 7.46. The summed E-state index contributed by atoms with van der Waals surface area (Å²) >= 11 is 0. The molecule has 2 fully saturated rings. The smallest absolute Gasteiger partial charge is 0.255 e. The summed E-state index contributed by atoms with van der Waals surface area (Å²) in [6, 6.07) is 9.02. The zero-order valence-corrected chi connectivity index (χ0v) is 14.9. The topological polar surface area (TPSA) is 64.4 Å². The number of carbonyl (C=O) groups is 2. The molecule has 1 aliphatic carbocycles. The molecule has 0 bridgehead atoms. The Morgan fingerprint density at radius 1 is 1.32 bits per heavy atom. The Labute approximate surface area is 149 Å². The predicted octanol–water partition coefficient (Wildman–Crippen LogP) is 2.67. The van der Waals surface area contributed by atoms with Gasteiger partial charge in [-0.05, 0) is 36.8 Å². The third-order valence-corrected chi connectivity index (χ3v) is 5.21. The third kappa shape index (κ3) is 3.84. The van der Waals surface area contributed by atoms with E-state index in [2.05, 4.69) is 19.9 Å². The molecular weight excluding hydrogens is 314 g/mol. The van der Waals surface area contributed by atoms with Gasteiger partial charge in [-0.15, -0.1) is 0 Å². The molecule has 132 valence electrons. The fraction of sp³-hybridized carbons (Fsp3) is 0.550. The van der Waals surface area contributed by atoms with E-state index in [-0.39, 0.29) is 23.8 Å². The molecule has 2 aliphatic rings. The van der Waals surface area contributed by atoms with Crippen molar-refractivity contribution in [3.8, 4) is 6.07 Å². The first kappa shape index (κ1) is 17.5. The largest absolute Gasteiger partial charge is 0.337 e. The maximum Gasteiger partial charge on any atom is 0.255 e. The summed E-state index contributed by atoms with van der Waals surface area (Å²) in [5.74, 6) is 0.910. The van der Waals surface area contributed by atoms with Crippen LogP contribution in [0.4, 0.5) is 0 Å². The van der Waals surface area contributed by atoms with Crippen molar-refractivity contribution >= 4 is 11.8 Å². The average Bonchev–Trinajstić information content (AvgIpc) is 3.44. The van der Waals surface area contributed by atoms with Crippen LogP contribution in [0.15, 0.2) is 24.3 Å². The molecule has 2 amide bonds. The summed E-state index contributed by atoms with van der Waals surface area (Å²) in [5.41, 5.74) is 0.814. The van der Waals surface area contributed by atoms with Gasteiger partial charge in [0.15, 0.2) is 0 Å². The van der Waals surface area contributed by atoms with Crippen molar-refractivity contribution in [3.05, 3.63) is 35.4 Å².